The Hall–Kier alpha value is -2.83. The van der Waals surface area contributed by atoms with Gasteiger partial charge >= 0.3 is 6.43 Å². The smallest absolute Gasteiger partial charge is 0.315 e. The van der Waals surface area contributed by atoms with Crippen molar-refractivity contribution >= 4 is 92.8 Å². The molecule has 6 nitrogen and oxygen atoms in total. The molecule has 0 aromatic heterocycles. The zero-order valence-electron chi connectivity index (χ0n) is 19.8. The highest BCUT2D eigenvalue weighted by molar-refractivity contribution is 6.53. The van der Waals surface area contributed by atoms with E-state index in [0.29, 0.717) is 17.7 Å². The standard InChI is InChI=1S/C25H13Cl5F5N3O3/c26-11-2-1-8(5-12(11)27)16-17(25(16,29)30)23(40)36-9-6-10(18(28)14(32)7-9)22(39)38-20-13(31)3-4-15(19(20)33)37-24(41)21(34)35/h1-7,16-17,21H,(H,36,40)(H,37,41)(H,38,39)/t16-,17+/m0/s1. The molecule has 0 radical (unpaired) electrons. The number of amides is 3. The SMILES string of the molecule is O=C(Nc1c(F)ccc(NC(=O)C(F)F)c1F)c1cc(NC(=O)[C@H]2[C@H](c3ccc(Cl)c(Cl)c3)C2(Cl)Cl)cc(F)c1Cl. The molecule has 3 aromatic carbocycles. The Morgan fingerprint density at radius 3 is 2.15 bits per heavy atom. The van der Waals surface area contributed by atoms with Crippen molar-refractivity contribution in [1.29, 1.82) is 0 Å². The molecule has 1 aliphatic rings. The zero-order valence-corrected chi connectivity index (χ0v) is 23.6. The van der Waals surface area contributed by atoms with Crippen LogP contribution >= 0.6 is 58.0 Å². The number of carbonyl (C=O) groups is 3. The summed E-state index contributed by atoms with van der Waals surface area (Å²) in [5.41, 5.74) is -2.46. The lowest BCUT2D eigenvalue weighted by Gasteiger charge is -2.14. The van der Waals surface area contributed by atoms with Gasteiger partial charge in [0.1, 0.15) is 21.7 Å². The van der Waals surface area contributed by atoms with Crippen molar-refractivity contribution < 1.29 is 36.3 Å². The first-order valence-corrected chi connectivity index (χ1v) is 13.0. The van der Waals surface area contributed by atoms with E-state index in [1.54, 1.807) is 6.07 Å². The summed E-state index contributed by atoms with van der Waals surface area (Å²) >= 11 is 30.5. The fraction of sp³-hybridized carbons (Fsp3) is 0.160. The molecule has 16 heteroatoms. The van der Waals surface area contributed by atoms with E-state index in [1.165, 1.54) is 17.4 Å². The topological polar surface area (TPSA) is 87.3 Å². The second kappa shape index (κ2) is 11.8. The van der Waals surface area contributed by atoms with Crippen LogP contribution in [-0.4, -0.2) is 28.5 Å². The van der Waals surface area contributed by atoms with Gasteiger partial charge in [0.05, 0.1) is 32.2 Å². The van der Waals surface area contributed by atoms with Crippen LogP contribution in [0, 0.1) is 23.4 Å². The normalized spacial score (nSPS) is 17.2. The number of alkyl halides is 4. The Bertz CT molecular complexity index is 1590. The van der Waals surface area contributed by atoms with Crippen molar-refractivity contribution in [2.45, 2.75) is 16.7 Å². The maximum atomic E-state index is 14.7. The Morgan fingerprint density at radius 2 is 1.51 bits per heavy atom. The van der Waals surface area contributed by atoms with Crippen LogP contribution in [0.3, 0.4) is 0 Å². The van der Waals surface area contributed by atoms with Gasteiger partial charge in [0.15, 0.2) is 5.82 Å². The number of carbonyl (C=O) groups excluding carboxylic acids is 3. The zero-order chi connectivity index (χ0) is 30.4. The number of anilines is 3. The van der Waals surface area contributed by atoms with Crippen LogP contribution in [0.25, 0.3) is 0 Å². The molecule has 0 aliphatic heterocycles. The monoisotopic (exact) mass is 673 g/mol. The summed E-state index contributed by atoms with van der Waals surface area (Å²) in [5, 5.41) is 5.41. The second-order valence-corrected chi connectivity index (χ2v) is 11.3. The van der Waals surface area contributed by atoms with Gasteiger partial charge in [-0.05, 0) is 42.0 Å². The lowest BCUT2D eigenvalue weighted by Crippen LogP contribution is -2.22. The van der Waals surface area contributed by atoms with Gasteiger partial charge in [0.25, 0.3) is 11.8 Å². The molecule has 0 heterocycles. The molecule has 1 aliphatic carbocycles. The van der Waals surface area contributed by atoms with Crippen molar-refractivity contribution in [3.8, 4) is 0 Å². The molecule has 0 saturated heterocycles. The van der Waals surface area contributed by atoms with E-state index < -0.39 is 79.7 Å². The first kappa shape index (κ1) is 31.1. The van der Waals surface area contributed by atoms with Crippen LogP contribution < -0.4 is 16.0 Å². The summed E-state index contributed by atoms with van der Waals surface area (Å²) in [4.78, 5) is 37.0. The van der Waals surface area contributed by atoms with Crippen LogP contribution in [-0.2, 0) is 9.59 Å². The molecule has 0 spiro atoms. The first-order chi connectivity index (χ1) is 19.1. The van der Waals surface area contributed by atoms with Crippen molar-refractivity contribution in [2.24, 2.45) is 5.92 Å². The minimum Gasteiger partial charge on any atom is -0.326 e. The van der Waals surface area contributed by atoms with Gasteiger partial charge in [0, 0.05) is 11.6 Å². The molecular weight excluding hydrogens is 663 g/mol. The first-order valence-electron chi connectivity index (χ1n) is 11.1. The molecule has 4 rings (SSSR count). The second-order valence-electron chi connectivity index (χ2n) is 8.64. The highest BCUT2D eigenvalue weighted by atomic mass is 35.5. The third kappa shape index (κ3) is 6.34. The maximum absolute atomic E-state index is 14.7. The number of nitrogens with one attached hydrogen (secondary N) is 3. The quantitative estimate of drug-likeness (QED) is 0.175. The fourth-order valence-electron chi connectivity index (χ4n) is 3.95. The summed E-state index contributed by atoms with van der Waals surface area (Å²) in [6.45, 7) is 0. The van der Waals surface area contributed by atoms with Gasteiger partial charge in [-0.2, -0.15) is 8.78 Å². The van der Waals surface area contributed by atoms with Crippen LogP contribution in [0.4, 0.5) is 39.0 Å². The van der Waals surface area contributed by atoms with Crippen molar-refractivity contribution in [1.82, 2.24) is 0 Å². The number of benzene rings is 3. The van der Waals surface area contributed by atoms with E-state index in [9.17, 15) is 36.3 Å². The number of hydrogen-bond donors (Lipinski definition) is 3. The Balaban J connectivity index is 1.56. The summed E-state index contributed by atoms with van der Waals surface area (Å²) in [6.07, 6.45) is -3.50. The van der Waals surface area contributed by atoms with Crippen molar-refractivity contribution in [3.05, 3.63) is 86.1 Å². The van der Waals surface area contributed by atoms with Gasteiger partial charge < -0.3 is 16.0 Å². The van der Waals surface area contributed by atoms with Crippen LogP contribution in [0.5, 0.6) is 0 Å². The lowest BCUT2D eigenvalue weighted by molar-refractivity contribution is -0.126. The Morgan fingerprint density at radius 1 is 0.829 bits per heavy atom. The molecule has 0 unspecified atom stereocenters. The van der Waals surface area contributed by atoms with Crippen molar-refractivity contribution in [3.63, 3.8) is 0 Å². The molecule has 3 amide bonds. The average Bonchev–Trinajstić information content (AvgIpc) is 3.48. The molecule has 41 heavy (non-hydrogen) atoms. The van der Waals surface area contributed by atoms with Gasteiger partial charge in [-0.3, -0.25) is 14.4 Å². The third-order valence-electron chi connectivity index (χ3n) is 5.96. The predicted octanol–water partition coefficient (Wildman–Crippen LogP) is 8.05. The van der Waals surface area contributed by atoms with E-state index in [4.69, 9.17) is 58.0 Å². The van der Waals surface area contributed by atoms with Gasteiger partial charge in [0.2, 0.25) is 5.91 Å². The molecule has 0 bridgehead atoms. The number of halogens is 10. The van der Waals surface area contributed by atoms with Crippen molar-refractivity contribution in [2.75, 3.05) is 16.0 Å². The van der Waals surface area contributed by atoms with E-state index in [2.05, 4.69) is 5.32 Å². The molecule has 3 aromatic rings. The van der Waals surface area contributed by atoms with Gasteiger partial charge in [-0.25, -0.2) is 13.2 Å². The largest absolute Gasteiger partial charge is 0.326 e. The molecule has 1 saturated carbocycles. The van der Waals surface area contributed by atoms with E-state index in [1.807, 2.05) is 5.32 Å². The molecule has 3 N–H and O–H groups in total. The number of rotatable bonds is 7. The third-order valence-corrected chi connectivity index (χ3v) is 8.03. The van der Waals surface area contributed by atoms with Crippen LogP contribution in [0.2, 0.25) is 15.1 Å². The minimum atomic E-state index is -3.50. The van der Waals surface area contributed by atoms with E-state index in [-0.39, 0.29) is 15.7 Å². The van der Waals surface area contributed by atoms with Gasteiger partial charge in [-0.1, -0.05) is 40.9 Å². The molecule has 216 valence electrons. The molecular formula is C25H13Cl5F5N3O3. The summed E-state index contributed by atoms with van der Waals surface area (Å²) < 4.78 is 67.1. The molecule has 1 fully saturated rings. The van der Waals surface area contributed by atoms with E-state index in [0.717, 1.165) is 12.1 Å². The molecule has 2 atom stereocenters. The summed E-state index contributed by atoms with van der Waals surface area (Å²) in [7, 11) is 0. The minimum absolute atomic E-state index is 0.199. The van der Waals surface area contributed by atoms with Crippen LogP contribution in [0.1, 0.15) is 21.8 Å². The average molecular weight is 676 g/mol. The maximum Gasteiger partial charge on any atom is 0.315 e. The fourth-order valence-corrected chi connectivity index (χ4v) is 5.28. The van der Waals surface area contributed by atoms with Gasteiger partial charge in [-0.15, -0.1) is 23.2 Å². The summed E-state index contributed by atoms with van der Waals surface area (Å²) in [5.74, 6) is -9.88. The number of hydrogen-bond acceptors (Lipinski definition) is 3. The highest BCUT2D eigenvalue weighted by Crippen LogP contribution is 2.65. The Labute approximate surface area is 253 Å². The highest BCUT2D eigenvalue weighted by Gasteiger charge is 2.67. The van der Waals surface area contributed by atoms with Crippen LogP contribution in [0.15, 0.2) is 42.5 Å². The lowest BCUT2D eigenvalue weighted by atomic mass is 10.1. The van der Waals surface area contributed by atoms with E-state index >= 15 is 0 Å². The Kier molecular flexibility index (Phi) is 8.96. The predicted molar refractivity (Wildman–Crippen MR) is 146 cm³/mol. The summed E-state index contributed by atoms with van der Waals surface area (Å²) in [6, 6.07) is 7.48.